The third-order valence-electron chi connectivity index (χ3n) is 6.57. The Hall–Kier alpha value is -3.63. The van der Waals surface area contributed by atoms with Crippen molar-refractivity contribution in [2.24, 2.45) is 22.4 Å². The van der Waals surface area contributed by atoms with Crippen LogP contribution in [0.15, 0.2) is 29.3 Å². The number of aliphatic imine (C=N–C) groups is 1. The number of nitrogens with one attached hydrogen (secondary N) is 2. The molecular formula is C27H42N6O5. The maximum atomic E-state index is 13.7. The van der Waals surface area contributed by atoms with Gasteiger partial charge in [0.05, 0.1) is 6.04 Å². The number of carbonyl (C=O) groups excluding carboxylic acids is 4. The number of phenols is 1. The molecule has 1 aromatic carbocycles. The van der Waals surface area contributed by atoms with Crippen LogP contribution in [-0.2, 0) is 25.6 Å². The summed E-state index contributed by atoms with van der Waals surface area (Å²) in [6, 6.07) is 4.12. The average Bonchev–Trinajstić information content (AvgIpc) is 3.28. The van der Waals surface area contributed by atoms with Crippen molar-refractivity contribution in [1.29, 1.82) is 0 Å². The Labute approximate surface area is 224 Å². The van der Waals surface area contributed by atoms with Crippen LogP contribution in [0, 0.1) is 5.92 Å². The highest BCUT2D eigenvalue weighted by Crippen LogP contribution is 2.25. The zero-order valence-corrected chi connectivity index (χ0v) is 22.4. The van der Waals surface area contributed by atoms with E-state index in [-0.39, 0.29) is 35.9 Å². The molecule has 1 saturated heterocycles. The third kappa shape index (κ3) is 10.0. The number of hydrogen-bond acceptors (Lipinski definition) is 6. The van der Waals surface area contributed by atoms with Crippen molar-refractivity contribution in [1.82, 2.24) is 15.5 Å². The van der Waals surface area contributed by atoms with Crippen LogP contribution in [0.25, 0.3) is 0 Å². The highest BCUT2D eigenvalue weighted by Gasteiger charge is 2.41. The number of aromatic hydroxyl groups is 1. The van der Waals surface area contributed by atoms with Gasteiger partial charge in [0.25, 0.3) is 0 Å². The fourth-order valence-corrected chi connectivity index (χ4v) is 4.58. The van der Waals surface area contributed by atoms with Crippen LogP contribution in [0.5, 0.6) is 5.75 Å². The van der Waals surface area contributed by atoms with Crippen LogP contribution in [0.3, 0.4) is 0 Å². The number of guanidine groups is 1. The number of unbranched alkanes of at least 4 members (excludes halogenated alkanes) is 2. The predicted molar refractivity (Wildman–Crippen MR) is 145 cm³/mol. The van der Waals surface area contributed by atoms with Gasteiger partial charge in [0.2, 0.25) is 17.7 Å². The SMILES string of the molecule is CCCCCC(=O)N[C@@H](Cc1ccc(O)cc1)C(=O)N1CC(C)CC1C(=O)NC(C=O)CCCN=C(N)N. The average molecular weight is 531 g/mol. The zero-order chi connectivity index (χ0) is 28.1. The standard InChI is InChI=1S/C27H42N6O5/c1-3-4-5-8-24(36)32-22(15-19-9-11-21(35)12-10-19)26(38)33-16-18(2)14-23(33)25(37)31-20(17-34)7-6-13-30-27(28)29/h9-12,17-18,20,22-23,35H,3-8,13-16H2,1-2H3,(H,31,37)(H,32,36)(H4,28,29,30)/t18?,20?,22-,23?/m0/s1. The van der Waals surface area contributed by atoms with Gasteiger partial charge in [-0.15, -0.1) is 0 Å². The summed E-state index contributed by atoms with van der Waals surface area (Å²) in [6.07, 6.45) is 5.14. The normalized spacial score (nSPS) is 18.3. The van der Waals surface area contributed by atoms with Crippen LogP contribution >= 0.6 is 0 Å². The lowest BCUT2D eigenvalue weighted by Crippen LogP contribution is -2.55. The van der Waals surface area contributed by atoms with E-state index >= 15 is 0 Å². The molecule has 210 valence electrons. The number of amides is 3. The van der Waals surface area contributed by atoms with Crippen LogP contribution in [0.4, 0.5) is 0 Å². The summed E-state index contributed by atoms with van der Waals surface area (Å²) in [4.78, 5) is 56.6. The van der Waals surface area contributed by atoms with Crippen LogP contribution < -0.4 is 22.1 Å². The number of nitrogens with two attached hydrogens (primary N) is 2. The summed E-state index contributed by atoms with van der Waals surface area (Å²) in [5, 5.41) is 15.2. The minimum absolute atomic E-state index is 0.0369. The summed E-state index contributed by atoms with van der Waals surface area (Å²) >= 11 is 0. The first-order valence-corrected chi connectivity index (χ1v) is 13.3. The summed E-state index contributed by atoms with van der Waals surface area (Å²) in [5.41, 5.74) is 11.4. The number of benzene rings is 1. The lowest BCUT2D eigenvalue weighted by atomic mass is 10.0. The van der Waals surface area contributed by atoms with E-state index in [1.54, 1.807) is 12.1 Å². The minimum Gasteiger partial charge on any atom is -0.508 e. The molecule has 7 N–H and O–H groups in total. The maximum Gasteiger partial charge on any atom is 0.246 e. The second kappa shape index (κ2) is 15.6. The molecule has 11 nitrogen and oxygen atoms in total. The maximum absolute atomic E-state index is 13.7. The van der Waals surface area contributed by atoms with Gasteiger partial charge in [-0.1, -0.05) is 38.8 Å². The highest BCUT2D eigenvalue weighted by atomic mass is 16.3. The Bertz CT molecular complexity index is 963. The van der Waals surface area contributed by atoms with E-state index < -0.39 is 24.0 Å². The van der Waals surface area contributed by atoms with Crippen molar-refractivity contribution in [3.05, 3.63) is 29.8 Å². The molecule has 4 atom stereocenters. The van der Waals surface area contributed by atoms with Crippen molar-refractivity contribution < 1.29 is 24.3 Å². The fraction of sp³-hybridized carbons (Fsp3) is 0.593. The van der Waals surface area contributed by atoms with Crippen LogP contribution in [0.2, 0.25) is 0 Å². The first-order valence-electron chi connectivity index (χ1n) is 13.3. The highest BCUT2D eigenvalue weighted by molar-refractivity contribution is 5.93. The van der Waals surface area contributed by atoms with Gasteiger partial charge >= 0.3 is 0 Å². The summed E-state index contributed by atoms with van der Waals surface area (Å²) in [6.45, 7) is 4.71. The van der Waals surface area contributed by atoms with E-state index in [0.717, 1.165) is 24.8 Å². The van der Waals surface area contributed by atoms with E-state index in [0.29, 0.717) is 45.1 Å². The van der Waals surface area contributed by atoms with Crippen molar-refractivity contribution in [3.8, 4) is 5.75 Å². The van der Waals surface area contributed by atoms with E-state index in [9.17, 15) is 24.3 Å². The molecule has 0 aliphatic carbocycles. The number of nitrogens with zero attached hydrogens (tertiary/aromatic N) is 2. The van der Waals surface area contributed by atoms with Crippen LogP contribution in [0.1, 0.15) is 64.4 Å². The predicted octanol–water partition coefficient (Wildman–Crippen LogP) is 0.974. The van der Waals surface area contributed by atoms with Gasteiger partial charge in [-0.3, -0.25) is 19.4 Å². The summed E-state index contributed by atoms with van der Waals surface area (Å²) in [7, 11) is 0. The number of hydrogen-bond donors (Lipinski definition) is 5. The quantitative estimate of drug-likeness (QED) is 0.0969. The Morgan fingerprint density at radius 1 is 1.16 bits per heavy atom. The van der Waals surface area contributed by atoms with Gasteiger partial charge in [0.15, 0.2) is 5.96 Å². The lowest BCUT2D eigenvalue weighted by Gasteiger charge is -2.29. The second-order valence-electron chi connectivity index (χ2n) is 10.00. The van der Waals surface area contributed by atoms with Crippen molar-refractivity contribution >= 4 is 30.0 Å². The number of rotatable bonds is 15. The van der Waals surface area contributed by atoms with Crippen LogP contribution in [-0.4, -0.2) is 71.2 Å². The van der Waals surface area contributed by atoms with Crippen molar-refractivity contribution in [3.63, 3.8) is 0 Å². The Morgan fingerprint density at radius 3 is 2.50 bits per heavy atom. The topological polar surface area (TPSA) is 180 Å². The first kappa shape index (κ1) is 30.6. The Kier molecular flexibility index (Phi) is 12.5. The Balaban J connectivity index is 2.14. The van der Waals surface area contributed by atoms with E-state index in [1.165, 1.54) is 17.0 Å². The molecule has 11 heteroatoms. The van der Waals surface area contributed by atoms with E-state index in [2.05, 4.69) is 15.6 Å². The molecule has 0 saturated carbocycles. The number of carbonyl (C=O) groups is 4. The molecule has 1 heterocycles. The second-order valence-corrected chi connectivity index (χ2v) is 10.00. The lowest BCUT2D eigenvalue weighted by molar-refractivity contribution is -0.141. The van der Waals surface area contributed by atoms with Gasteiger partial charge in [-0.25, -0.2) is 0 Å². The van der Waals surface area contributed by atoms with Gasteiger partial charge in [-0.2, -0.15) is 0 Å². The fourth-order valence-electron chi connectivity index (χ4n) is 4.58. The first-order chi connectivity index (χ1) is 18.1. The third-order valence-corrected chi connectivity index (χ3v) is 6.57. The van der Waals surface area contributed by atoms with Gasteiger partial charge in [0.1, 0.15) is 24.1 Å². The van der Waals surface area contributed by atoms with E-state index in [1.807, 2.05) is 13.8 Å². The number of aldehydes is 1. The molecule has 38 heavy (non-hydrogen) atoms. The molecule has 2 rings (SSSR count). The molecule has 3 amide bonds. The minimum atomic E-state index is -0.865. The molecule has 0 radical (unpaired) electrons. The molecule has 1 fully saturated rings. The Morgan fingerprint density at radius 2 is 1.87 bits per heavy atom. The van der Waals surface area contributed by atoms with E-state index in [4.69, 9.17) is 11.5 Å². The van der Waals surface area contributed by atoms with Gasteiger partial charge in [0, 0.05) is 25.9 Å². The molecule has 1 aliphatic heterocycles. The molecule has 3 unspecified atom stereocenters. The van der Waals surface area contributed by atoms with Gasteiger partial charge in [-0.05, 0) is 49.3 Å². The smallest absolute Gasteiger partial charge is 0.246 e. The number of phenolic OH excluding ortho intramolecular Hbond substituents is 1. The summed E-state index contributed by atoms with van der Waals surface area (Å²) in [5.74, 6) is -0.828. The van der Waals surface area contributed by atoms with Gasteiger partial charge < -0.3 is 36.9 Å². The molecular weight excluding hydrogens is 488 g/mol. The molecule has 0 bridgehead atoms. The summed E-state index contributed by atoms with van der Waals surface area (Å²) < 4.78 is 0. The number of likely N-dealkylation sites (tertiary alicyclic amines) is 1. The largest absolute Gasteiger partial charge is 0.508 e. The zero-order valence-electron chi connectivity index (χ0n) is 22.4. The molecule has 1 aromatic rings. The molecule has 1 aliphatic rings. The molecule has 0 spiro atoms. The van der Waals surface area contributed by atoms with Crippen molar-refractivity contribution in [2.45, 2.75) is 83.3 Å². The van der Waals surface area contributed by atoms with Crippen molar-refractivity contribution in [2.75, 3.05) is 13.1 Å². The monoisotopic (exact) mass is 530 g/mol. The molecule has 0 aromatic heterocycles.